The fraction of sp³-hybridized carbons (Fsp3) is 0. The van der Waals surface area contributed by atoms with Gasteiger partial charge in [-0.05, 0) is 6.07 Å². The summed E-state index contributed by atoms with van der Waals surface area (Å²) in [6.45, 7) is 0. The molecule has 7 heteroatoms. The topological polar surface area (TPSA) is 80.2 Å². The summed E-state index contributed by atoms with van der Waals surface area (Å²) >= 11 is 0. The zero-order chi connectivity index (χ0) is 7.61. The van der Waals surface area contributed by atoms with Crippen molar-refractivity contribution in [3.63, 3.8) is 0 Å². The SMILES string of the molecule is Cl.O=S(=O)(O)c1ccnnc1. The van der Waals surface area contributed by atoms with Crippen molar-refractivity contribution >= 4 is 22.5 Å². The first kappa shape index (κ1) is 10.3. The molecule has 0 bridgehead atoms. The van der Waals surface area contributed by atoms with Gasteiger partial charge in [-0.15, -0.1) is 12.4 Å². The number of nitrogens with zero attached hydrogens (tertiary/aromatic N) is 2. The molecule has 0 spiro atoms. The van der Waals surface area contributed by atoms with Crippen molar-refractivity contribution < 1.29 is 13.0 Å². The summed E-state index contributed by atoms with van der Waals surface area (Å²) in [6.07, 6.45) is 2.15. The van der Waals surface area contributed by atoms with Crippen LogP contribution in [0.4, 0.5) is 0 Å². The number of hydrogen-bond donors (Lipinski definition) is 1. The summed E-state index contributed by atoms with van der Waals surface area (Å²) < 4.78 is 29.0. The fourth-order valence-electron chi connectivity index (χ4n) is 0.431. The molecule has 0 aromatic carbocycles. The Kier molecular flexibility index (Phi) is 3.37. The molecule has 1 rings (SSSR count). The Morgan fingerprint density at radius 1 is 1.36 bits per heavy atom. The Morgan fingerprint density at radius 2 is 2.00 bits per heavy atom. The predicted molar refractivity (Wildman–Crippen MR) is 39.1 cm³/mol. The number of halogens is 1. The smallest absolute Gasteiger partial charge is 0.282 e. The highest BCUT2D eigenvalue weighted by Gasteiger charge is 2.07. The first-order chi connectivity index (χ1) is 4.61. The Balaban J connectivity index is 0.000001000. The summed E-state index contributed by atoms with van der Waals surface area (Å²) in [6, 6.07) is 1.16. The lowest BCUT2D eigenvalue weighted by atomic mass is 10.6. The van der Waals surface area contributed by atoms with Crippen LogP contribution in [0.1, 0.15) is 0 Å². The molecule has 1 N–H and O–H groups in total. The maximum Gasteiger partial charge on any atom is 0.296 e. The highest BCUT2D eigenvalue weighted by molar-refractivity contribution is 7.85. The van der Waals surface area contributed by atoms with E-state index in [0.29, 0.717) is 0 Å². The monoisotopic (exact) mass is 196 g/mol. The van der Waals surface area contributed by atoms with Crippen LogP contribution in [-0.4, -0.2) is 23.2 Å². The van der Waals surface area contributed by atoms with Gasteiger partial charge in [0.05, 0.1) is 12.4 Å². The van der Waals surface area contributed by atoms with Gasteiger partial charge in [0, 0.05) is 0 Å². The van der Waals surface area contributed by atoms with Gasteiger partial charge in [0.15, 0.2) is 0 Å². The van der Waals surface area contributed by atoms with Gasteiger partial charge in [0.2, 0.25) is 0 Å². The third-order valence-electron chi connectivity index (χ3n) is 0.855. The molecule has 0 saturated carbocycles. The number of rotatable bonds is 1. The van der Waals surface area contributed by atoms with E-state index in [0.717, 1.165) is 12.3 Å². The van der Waals surface area contributed by atoms with Crippen molar-refractivity contribution in [3.8, 4) is 0 Å². The van der Waals surface area contributed by atoms with Crippen molar-refractivity contribution in [1.82, 2.24) is 10.2 Å². The highest BCUT2D eigenvalue weighted by Crippen LogP contribution is 2.01. The first-order valence-electron chi connectivity index (χ1n) is 2.35. The van der Waals surface area contributed by atoms with Gasteiger partial charge in [0.25, 0.3) is 10.1 Å². The maximum atomic E-state index is 10.3. The molecule has 5 nitrogen and oxygen atoms in total. The summed E-state index contributed by atoms with van der Waals surface area (Å²) in [7, 11) is -4.11. The quantitative estimate of drug-likeness (QED) is 0.647. The Morgan fingerprint density at radius 3 is 2.27 bits per heavy atom. The number of aromatic nitrogens is 2. The van der Waals surface area contributed by atoms with Crippen molar-refractivity contribution in [2.24, 2.45) is 0 Å². The Labute approximate surface area is 69.6 Å². The van der Waals surface area contributed by atoms with E-state index < -0.39 is 10.1 Å². The van der Waals surface area contributed by atoms with Gasteiger partial charge in [-0.3, -0.25) is 4.55 Å². The molecule has 1 aromatic rings. The average Bonchev–Trinajstić information content (AvgIpc) is 1.88. The van der Waals surface area contributed by atoms with Crippen molar-refractivity contribution in [1.29, 1.82) is 0 Å². The molecular weight excluding hydrogens is 192 g/mol. The lowest BCUT2D eigenvalue weighted by molar-refractivity contribution is 0.482. The molecule has 1 heterocycles. The van der Waals surface area contributed by atoms with Crippen molar-refractivity contribution in [2.75, 3.05) is 0 Å². The van der Waals surface area contributed by atoms with Gasteiger partial charge in [0.1, 0.15) is 4.90 Å². The second-order valence-corrected chi connectivity index (χ2v) is 2.97. The molecule has 0 fully saturated rings. The van der Waals surface area contributed by atoms with E-state index in [2.05, 4.69) is 10.2 Å². The van der Waals surface area contributed by atoms with Crippen LogP contribution in [0.3, 0.4) is 0 Å². The van der Waals surface area contributed by atoms with Crippen LogP contribution in [0.15, 0.2) is 23.4 Å². The standard InChI is InChI=1S/C4H4N2O3S.ClH/c7-10(8,9)4-1-2-5-6-3-4;/h1-3H,(H,7,8,9);1H. The van der Waals surface area contributed by atoms with Gasteiger partial charge in [-0.1, -0.05) is 0 Å². The van der Waals surface area contributed by atoms with E-state index in [1.54, 1.807) is 0 Å². The van der Waals surface area contributed by atoms with Gasteiger partial charge >= 0.3 is 0 Å². The minimum atomic E-state index is -4.11. The zero-order valence-corrected chi connectivity index (χ0v) is 6.84. The molecule has 0 atom stereocenters. The fourth-order valence-corrected chi connectivity index (χ4v) is 0.844. The van der Waals surface area contributed by atoms with Crippen LogP contribution in [0, 0.1) is 0 Å². The van der Waals surface area contributed by atoms with E-state index >= 15 is 0 Å². The normalized spacial score (nSPS) is 10.3. The minimum absolute atomic E-state index is 0. The summed E-state index contributed by atoms with van der Waals surface area (Å²) in [5, 5.41) is 6.60. The molecule has 0 aliphatic heterocycles. The molecule has 0 aliphatic rings. The molecular formula is C4H5ClN2O3S. The van der Waals surface area contributed by atoms with Gasteiger partial charge in [-0.25, -0.2) is 0 Å². The van der Waals surface area contributed by atoms with Crippen LogP contribution in [0.5, 0.6) is 0 Å². The Hall–Kier alpha value is -0.720. The van der Waals surface area contributed by atoms with Crippen LogP contribution in [-0.2, 0) is 10.1 Å². The second-order valence-electron chi connectivity index (χ2n) is 1.55. The lowest BCUT2D eigenvalue weighted by Gasteiger charge is -1.90. The molecule has 0 radical (unpaired) electrons. The first-order valence-corrected chi connectivity index (χ1v) is 3.79. The summed E-state index contributed by atoms with van der Waals surface area (Å²) in [5.74, 6) is 0. The molecule has 62 valence electrons. The predicted octanol–water partition coefficient (Wildman–Crippen LogP) is 0.145. The Bertz CT molecular complexity index is 311. The molecule has 1 aromatic heterocycles. The zero-order valence-electron chi connectivity index (χ0n) is 5.21. The molecule has 11 heavy (non-hydrogen) atoms. The number of hydrogen-bond acceptors (Lipinski definition) is 4. The van der Waals surface area contributed by atoms with Crippen LogP contribution in [0.25, 0.3) is 0 Å². The largest absolute Gasteiger partial charge is 0.296 e. The van der Waals surface area contributed by atoms with Gasteiger partial charge < -0.3 is 0 Å². The van der Waals surface area contributed by atoms with E-state index in [1.165, 1.54) is 6.20 Å². The molecule has 0 aliphatic carbocycles. The van der Waals surface area contributed by atoms with Crippen LogP contribution >= 0.6 is 12.4 Å². The molecule has 0 saturated heterocycles. The van der Waals surface area contributed by atoms with Crippen molar-refractivity contribution in [3.05, 3.63) is 18.5 Å². The maximum absolute atomic E-state index is 10.3. The van der Waals surface area contributed by atoms with Gasteiger partial charge in [-0.2, -0.15) is 18.6 Å². The van der Waals surface area contributed by atoms with E-state index in [-0.39, 0.29) is 17.3 Å². The van der Waals surface area contributed by atoms with Crippen molar-refractivity contribution in [2.45, 2.75) is 4.90 Å². The lowest BCUT2D eigenvalue weighted by Crippen LogP contribution is -1.98. The molecule has 0 amide bonds. The third kappa shape index (κ3) is 2.79. The molecule has 0 unspecified atom stereocenters. The minimum Gasteiger partial charge on any atom is -0.282 e. The summed E-state index contributed by atoms with van der Waals surface area (Å²) in [4.78, 5) is -0.248. The highest BCUT2D eigenvalue weighted by atomic mass is 35.5. The van der Waals surface area contributed by atoms with Crippen LogP contribution < -0.4 is 0 Å². The second kappa shape index (κ2) is 3.61. The summed E-state index contributed by atoms with van der Waals surface area (Å²) in [5.41, 5.74) is 0. The van der Waals surface area contributed by atoms with E-state index in [4.69, 9.17) is 4.55 Å². The third-order valence-corrected chi connectivity index (χ3v) is 1.69. The van der Waals surface area contributed by atoms with Crippen LogP contribution in [0.2, 0.25) is 0 Å². The van der Waals surface area contributed by atoms with E-state index in [1.807, 2.05) is 0 Å². The van der Waals surface area contributed by atoms with E-state index in [9.17, 15) is 8.42 Å². The average molecular weight is 197 g/mol.